The molecule has 1 unspecified atom stereocenters. The van der Waals surface area contributed by atoms with Crippen LogP contribution in [0.4, 0.5) is 0 Å². The first-order valence-electron chi connectivity index (χ1n) is 5.59. The highest BCUT2D eigenvalue weighted by atomic mass is 16.5. The van der Waals surface area contributed by atoms with E-state index in [1.54, 1.807) is 6.08 Å². The molecule has 2 rings (SSSR count). The molecule has 0 heterocycles. The molecule has 0 fully saturated rings. The number of carbonyl (C=O) groups is 1. The molecule has 1 aromatic rings. The summed E-state index contributed by atoms with van der Waals surface area (Å²) < 4.78 is 5.72. The molecule has 88 valence electrons. The van der Waals surface area contributed by atoms with E-state index in [-0.39, 0.29) is 6.10 Å². The van der Waals surface area contributed by atoms with Gasteiger partial charge in [-0.1, -0.05) is 48.6 Å². The molecule has 0 spiro atoms. The van der Waals surface area contributed by atoms with Crippen LogP contribution in [0.15, 0.2) is 54.1 Å². The summed E-state index contributed by atoms with van der Waals surface area (Å²) in [6.45, 7) is 0.490. The van der Waals surface area contributed by atoms with Gasteiger partial charge in [-0.05, 0) is 12.0 Å². The Morgan fingerprint density at radius 2 is 2.12 bits per heavy atom. The summed E-state index contributed by atoms with van der Waals surface area (Å²) in [4.78, 5) is 11.2. The molecule has 17 heavy (non-hydrogen) atoms. The third-order valence-electron chi connectivity index (χ3n) is 2.69. The SMILES string of the molecule is NC(=O)C1=CC=CCC1OCc1ccccc1. The van der Waals surface area contributed by atoms with Crippen molar-refractivity contribution in [2.75, 3.05) is 0 Å². The zero-order valence-corrected chi connectivity index (χ0v) is 9.50. The van der Waals surface area contributed by atoms with E-state index in [9.17, 15) is 4.79 Å². The largest absolute Gasteiger partial charge is 0.368 e. The van der Waals surface area contributed by atoms with E-state index in [2.05, 4.69) is 0 Å². The Labute approximate surface area is 101 Å². The fourth-order valence-electron chi connectivity index (χ4n) is 1.78. The molecule has 1 atom stereocenters. The molecule has 0 bridgehead atoms. The second-order valence-corrected chi connectivity index (χ2v) is 3.94. The van der Waals surface area contributed by atoms with E-state index in [4.69, 9.17) is 10.5 Å². The Morgan fingerprint density at radius 3 is 2.82 bits per heavy atom. The second kappa shape index (κ2) is 5.46. The van der Waals surface area contributed by atoms with Crippen LogP contribution in [-0.4, -0.2) is 12.0 Å². The van der Waals surface area contributed by atoms with Gasteiger partial charge in [0.15, 0.2) is 0 Å². The van der Waals surface area contributed by atoms with E-state index in [0.29, 0.717) is 18.6 Å². The number of benzene rings is 1. The molecule has 0 saturated heterocycles. The topological polar surface area (TPSA) is 52.3 Å². The van der Waals surface area contributed by atoms with Crippen molar-refractivity contribution < 1.29 is 9.53 Å². The molecule has 0 aromatic heterocycles. The molecule has 0 radical (unpaired) electrons. The Hall–Kier alpha value is -1.87. The van der Waals surface area contributed by atoms with Crippen LogP contribution in [0, 0.1) is 0 Å². The predicted molar refractivity (Wildman–Crippen MR) is 66.1 cm³/mol. The zero-order valence-electron chi connectivity index (χ0n) is 9.50. The molecule has 1 aliphatic rings. The highest BCUT2D eigenvalue weighted by Crippen LogP contribution is 2.18. The Bertz CT molecular complexity index is 449. The summed E-state index contributed by atoms with van der Waals surface area (Å²) in [6, 6.07) is 9.87. The molecule has 0 aliphatic heterocycles. The summed E-state index contributed by atoms with van der Waals surface area (Å²) in [6.07, 6.45) is 6.01. The van der Waals surface area contributed by atoms with E-state index in [0.717, 1.165) is 5.56 Å². The van der Waals surface area contributed by atoms with Gasteiger partial charge in [-0.25, -0.2) is 0 Å². The highest BCUT2D eigenvalue weighted by molar-refractivity contribution is 5.93. The fraction of sp³-hybridized carbons (Fsp3) is 0.214. The van der Waals surface area contributed by atoms with Crippen LogP contribution in [0.2, 0.25) is 0 Å². The number of ether oxygens (including phenoxy) is 1. The van der Waals surface area contributed by atoms with Gasteiger partial charge in [0.05, 0.1) is 12.7 Å². The molecule has 3 nitrogen and oxygen atoms in total. The third-order valence-corrected chi connectivity index (χ3v) is 2.69. The van der Waals surface area contributed by atoms with Gasteiger partial charge < -0.3 is 10.5 Å². The first-order chi connectivity index (χ1) is 8.27. The molecule has 0 saturated carbocycles. The van der Waals surface area contributed by atoms with Gasteiger partial charge in [-0.15, -0.1) is 0 Å². The fourth-order valence-corrected chi connectivity index (χ4v) is 1.78. The van der Waals surface area contributed by atoms with Crippen molar-refractivity contribution in [3.63, 3.8) is 0 Å². The van der Waals surface area contributed by atoms with Crippen LogP contribution in [0.3, 0.4) is 0 Å². The quantitative estimate of drug-likeness (QED) is 0.857. The maximum absolute atomic E-state index is 11.2. The minimum atomic E-state index is -0.410. The minimum absolute atomic E-state index is 0.224. The summed E-state index contributed by atoms with van der Waals surface area (Å²) in [7, 11) is 0. The lowest BCUT2D eigenvalue weighted by Crippen LogP contribution is -2.27. The number of rotatable bonds is 4. The van der Waals surface area contributed by atoms with E-state index < -0.39 is 5.91 Å². The number of nitrogens with two attached hydrogens (primary N) is 1. The molecule has 1 amide bonds. The van der Waals surface area contributed by atoms with Gasteiger partial charge in [-0.2, -0.15) is 0 Å². The number of hydrogen-bond acceptors (Lipinski definition) is 2. The number of carbonyl (C=O) groups excluding carboxylic acids is 1. The average Bonchev–Trinajstić information content (AvgIpc) is 2.38. The molecule has 1 aliphatic carbocycles. The van der Waals surface area contributed by atoms with Crippen LogP contribution < -0.4 is 5.73 Å². The van der Waals surface area contributed by atoms with Gasteiger partial charge in [0, 0.05) is 5.57 Å². The Balaban J connectivity index is 1.98. The summed E-state index contributed by atoms with van der Waals surface area (Å²) >= 11 is 0. The zero-order chi connectivity index (χ0) is 12.1. The maximum atomic E-state index is 11.2. The van der Waals surface area contributed by atoms with Crippen LogP contribution in [-0.2, 0) is 16.1 Å². The predicted octanol–water partition coefficient (Wildman–Crippen LogP) is 1.94. The van der Waals surface area contributed by atoms with Gasteiger partial charge in [0.2, 0.25) is 5.91 Å². The van der Waals surface area contributed by atoms with Crippen molar-refractivity contribution in [3.05, 3.63) is 59.7 Å². The van der Waals surface area contributed by atoms with Gasteiger partial charge in [-0.3, -0.25) is 4.79 Å². The number of allylic oxidation sites excluding steroid dienone is 2. The van der Waals surface area contributed by atoms with Crippen molar-refractivity contribution in [1.29, 1.82) is 0 Å². The summed E-state index contributed by atoms with van der Waals surface area (Å²) in [5.41, 5.74) is 6.94. The van der Waals surface area contributed by atoms with Crippen LogP contribution in [0.1, 0.15) is 12.0 Å². The van der Waals surface area contributed by atoms with E-state index >= 15 is 0 Å². The van der Waals surface area contributed by atoms with E-state index in [1.807, 2.05) is 42.5 Å². The summed E-state index contributed by atoms with van der Waals surface area (Å²) in [5.74, 6) is -0.410. The molecular formula is C14H15NO2. The molecule has 3 heteroatoms. The normalized spacial score (nSPS) is 18.8. The van der Waals surface area contributed by atoms with Gasteiger partial charge >= 0.3 is 0 Å². The van der Waals surface area contributed by atoms with Crippen molar-refractivity contribution in [3.8, 4) is 0 Å². The summed E-state index contributed by atoms with van der Waals surface area (Å²) in [5, 5.41) is 0. The lowest BCUT2D eigenvalue weighted by atomic mass is 10.0. The van der Waals surface area contributed by atoms with Crippen LogP contribution >= 0.6 is 0 Å². The first-order valence-corrected chi connectivity index (χ1v) is 5.59. The average molecular weight is 229 g/mol. The minimum Gasteiger partial charge on any atom is -0.368 e. The maximum Gasteiger partial charge on any atom is 0.247 e. The second-order valence-electron chi connectivity index (χ2n) is 3.94. The van der Waals surface area contributed by atoms with Crippen LogP contribution in [0.25, 0.3) is 0 Å². The van der Waals surface area contributed by atoms with Crippen molar-refractivity contribution in [2.45, 2.75) is 19.1 Å². The lowest BCUT2D eigenvalue weighted by molar-refractivity contribution is -0.116. The smallest absolute Gasteiger partial charge is 0.247 e. The Kier molecular flexibility index (Phi) is 3.73. The molecule has 2 N–H and O–H groups in total. The van der Waals surface area contributed by atoms with Crippen LogP contribution in [0.5, 0.6) is 0 Å². The number of primary amides is 1. The number of hydrogen-bond donors (Lipinski definition) is 1. The molecule has 1 aromatic carbocycles. The van der Waals surface area contributed by atoms with Crippen molar-refractivity contribution >= 4 is 5.91 Å². The monoisotopic (exact) mass is 229 g/mol. The van der Waals surface area contributed by atoms with Crippen molar-refractivity contribution in [2.24, 2.45) is 5.73 Å². The number of amides is 1. The van der Waals surface area contributed by atoms with Crippen molar-refractivity contribution in [1.82, 2.24) is 0 Å². The van der Waals surface area contributed by atoms with Gasteiger partial charge in [0.25, 0.3) is 0 Å². The van der Waals surface area contributed by atoms with E-state index in [1.165, 1.54) is 0 Å². The highest BCUT2D eigenvalue weighted by Gasteiger charge is 2.20. The standard InChI is InChI=1S/C14H15NO2/c15-14(16)12-8-4-5-9-13(12)17-10-11-6-2-1-3-7-11/h1-8,13H,9-10H2,(H2,15,16). The lowest BCUT2D eigenvalue weighted by Gasteiger charge is -2.19. The molecular weight excluding hydrogens is 214 g/mol. The first kappa shape index (κ1) is 11.6. The Morgan fingerprint density at radius 1 is 1.35 bits per heavy atom. The van der Waals surface area contributed by atoms with Gasteiger partial charge in [0.1, 0.15) is 0 Å². The third kappa shape index (κ3) is 3.04.